The van der Waals surface area contributed by atoms with E-state index in [4.69, 9.17) is 4.74 Å². The van der Waals surface area contributed by atoms with Gasteiger partial charge in [0, 0.05) is 31.2 Å². The lowest BCUT2D eigenvalue weighted by Crippen LogP contribution is -2.36. The van der Waals surface area contributed by atoms with Crippen molar-refractivity contribution < 1.29 is 4.74 Å². The molecule has 0 amide bonds. The number of morpholine rings is 1. The van der Waals surface area contributed by atoms with Crippen LogP contribution in [0.4, 0.5) is 0 Å². The molecule has 1 aromatic heterocycles. The average Bonchev–Trinajstić information content (AvgIpc) is 2.47. The lowest BCUT2D eigenvalue weighted by atomic mass is 10.2. The molecule has 19 heavy (non-hydrogen) atoms. The fraction of sp³-hybridized carbons (Fsp3) is 0.714. The molecule has 0 atom stereocenters. The number of aryl methyl sites for hydroxylation is 1. The Hall–Kier alpha value is -0.650. The minimum atomic E-state index is 0.881. The van der Waals surface area contributed by atoms with Crippen LogP contribution in [0, 0.1) is 0 Å². The second kappa shape index (κ2) is 8.51. The van der Waals surface area contributed by atoms with Gasteiger partial charge in [0.05, 0.1) is 13.2 Å². The number of ether oxygens (including phenoxy) is 1. The Labute approximate surface area is 120 Å². The first-order chi connectivity index (χ1) is 9.38. The predicted molar refractivity (Wildman–Crippen MR) is 78.6 cm³/mol. The van der Waals surface area contributed by atoms with Crippen LogP contribution in [0.2, 0.25) is 0 Å². The van der Waals surface area contributed by atoms with E-state index in [9.17, 15) is 0 Å². The van der Waals surface area contributed by atoms with Crippen LogP contribution in [-0.2, 0) is 11.2 Å². The highest BCUT2D eigenvalue weighted by Gasteiger charge is 2.09. The quantitative estimate of drug-likeness (QED) is 0.566. The van der Waals surface area contributed by atoms with Crippen LogP contribution in [0.3, 0.4) is 0 Å². The van der Waals surface area contributed by atoms with E-state index >= 15 is 0 Å². The summed E-state index contributed by atoms with van der Waals surface area (Å²) < 4.78 is 5.35. The molecule has 0 spiro atoms. The Kier molecular flexibility index (Phi) is 6.61. The maximum Gasteiger partial charge on any atom is 0.187 e. The van der Waals surface area contributed by atoms with Gasteiger partial charge in [-0.1, -0.05) is 18.7 Å². The Morgan fingerprint density at radius 1 is 1.26 bits per heavy atom. The topological polar surface area (TPSA) is 38.2 Å². The molecule has 0 aromatic carbocycles. The highest BCUT2D eigenvalue weighted by atomic mass is 32.2. The Balaban J connectivity index is 1.67. The maximum atomic E-state index is 5.35. The molecule has 5 heteroatoms. The SMILES string of the molecule is CCCSc1ncc(CCCN2CCOCC2)cn1. The Morgan fingerprint density at radius 2 is 2.00 bits per heavy atom. The van der Waals surface area contributed by atoms with E-state index in [1.807, 2.05) is 12.4 Å². The van der Waals surface area contributed by atoms with Crippen molar-refractivity contribution in [3.8, 4) is 0 Å². The normalized spacial score (nSPS) is 16.7. The lowest BCUT2D eigenvalue weighted by Gasteiger charge is -2.26. The van der Waals surface area contributed by atoms with Crippen molar-refractivity contribution in [3.05, 3.63) is 18.0 Å². The van der Waals surface area contributed by atoms with Gasteiger partial charge in [-0.3, -0.25) is 4.90 Å². The van der Waals surface area contributed by atoms with Crippen molar-refractivity contribution >= 4 is 11.8 Å². The van der Waals surface area contributed by atoms with Crippen molar-refractivity contribution in [1.82, 2.24) is 14.9 Å². The number of hydrogen-bond acceptors (Lipinski definition) is 5. The van der Waals surface area contributed by atoms with E-state index in [1.54, 1.807) is 11.8 Å². The molecule has 106 valence electrons. The summed E-state index contributed by atoms with van der Waals surface area (Å²) in [5, 5.41) is 0.902. The first-order valence-corrected chi connectivity index (χ1v) is 8.11. The first-order valence-electron chi connectivity index (χ1n) is 7.12. The largest absolute Gasteiger partial charge is 0.379 e. The number of aromatic nitrogens is 2. The van der Waals surface area contributed by atoms with Crippen LogP contribution in [0.5, 0.6) is 0 Å². The van der Waals surface area contributed by atoms with E-state index < -0.39 is 0 Å². The van der Waals surface area contributed by atoms with Gasteiger partial charge in [0.15, 0.2) is 5.16 Å². The third-order valence-electron chi connectivity index (χ3n) is 3.16. The third kappa shape index (κ3) is 5.47. The maximum absolute atomic E-state index is 5.35. The zero-order valence-corrected chi connectivity index (χ0v) is 12.5. The molecular weight excluding hydrogens is 258 g/mol. The van der Waals surface area contributed by atoms with Gasteiger partial charge < -0.3 is 4.74 Å². The zero-order chi connectivity index (χ0) is 13.3. The number of nitrogens with zero attached hydrogens (tertiary/aromatic N) is 3. The molecule has 1 fully saturated rings. The minimum absolute atomic E-state index is 0.881. The highest BCUT2D eigenvalue weighted by Crippen LogP contribution is 2.13. The van der Waals surface area contributed by atoms with Crippen molar-refractivity contribution in [2.75, 3.05) is 38.6 Å². The second-order valence-corrected chi connectivity index (χ2v) is 5.84. The fourth-order valence-corrected chi connectivity index (χ4v) is 2.71. The molecule has 0 N–H and O–H groups in total. The molecule has 1 saturated heterocycles. The van der Waals surface area contributed by atoms with Crippen LogP contribution in [0.1, 0.15) is 25.3 Å². The predicted octanol–water partition coefficient (Wildman–Crippen LogP) is 2.24. The van der Waals surface area contributed by atoms with Gasteiger partial charge in [-0.25, -0.2) is 9.97 Å². The van der Waals surface area contributed by atoms with E-state index in [0.717, 1.165) is 56.6 Å². The molecular formula is C14H23N3OS. The van der Waals surface area contributed by atoms with Gasteiger partial charge in [-0.05, 0) is 31.4 Å². The summed E-state index contributed by atoms with van der Waals surface area (Å²) in [6.07, 6.45) is 7.35. The smallest absolute Gasteiger partial charge is 0.187 e. The molecule has 1 aliphatic heterocycles. The zero-order valence-electron chi connectivity index (χ0n) is 11.7. The van der Waals surface area contributed by atoms with Gasteiger partial charge in [-0.15, -0.1) is 0 Å². The van der Waals surface area contributed by atoms with E-state index in [2.05, 4.69) is 21.8 Å². The van der Waals surface area contributed by atoms with Crippen molar-refractivity contribution in [2.24, 2.45) is 0 Å². The van der Waals surface area contributed by atoms with Crippen molar-refractivity contribution in [2.45, 2.75) is 31.3 Å². The molecule has 1 aromatic rings. The molecule has 0 radical (unpaired) electrons. The van der Waals surface area contributed by atoms with Gasteiger partial charge in [0.1, 0.15) is 0 Å². The Morgan fingerprint density at radius 3 is 2.68 bits per heavy atom. The van der Waals surface area contributed by atoms with Gasteiger partial charge in [0.2, 0.25) is 0 Å². The van der Waals surface area contributed by atoms with Crippen LogP contribution >= 0.6 is 11.8 Å². The minimum Gasteiger partial charge on any atom is -0.379 e. The Bertz CT molecular complexity index is 352. The molecule has 0 saturated carbocycles. The average molecular weight is 281 g/mol. The van der Waals surface area contributed by atoms with Crippen molar-refractivity contribution in [1.29, 1.82) is 0 Å². The second-order valence-electron chi connectivity index (χ2n) is 4.78. The molecule has 4 nitrogen and oxygen atoms in total. The summed E-state index contributed by atoms with van der Waals surface area (Å²) in [5.41, 5.74) is 1.24. The van der Waals surface area contributed by atoms with Crippen LogP contribution in [0.15, 0.2) is 17.6 Å². The summed E-state index contributed by atoms with van der Waals surface area (Å²) in [7, 11) is 0. The fourth-order valence-electron chi connectivity index (χ4n) is 2.07. The molecule has 0 aliphatic carbocycles. The number of hydrogen-bond donors (Lipinski definition) is 0. The van der Waals surface area contributed by atoms with Crippen LogP contribution in [0.25, 0.3) is 0 Å². The number of thioether (sulfide) groups is 1. The van der Waals surface area contributed by atoms with E-state index in [0.29, 0.717) is 0 Å². The van der Waals surface area contributed by atoms with E-state index in [1.165, 1.54) is 12.0 Å². The van der Waals surface area contributed by atoms with Gasteiger partial charge in [0.25, 0.3) is 0 Å². The van der Waals surface area contributed by atoms with Gasteiger partial charge in [-0.2, -0.15) is 0 Å². The summed E-state index contributed by atoms with van der Waals surface area (Å²) in [5.74, 6) is 1.09. The summed E-state index contributed by atoms with van der Waals surface area (Å²) >= 11 is 1.73. The molecule has 2 rings (SSSR count). The standard InChI is InChI=1S/C14H23N3OS/c1-2-10-19-14-15-11-13(12-16-14)4-3-5-17-6-8-18-9-7-17/h11-12H,2-10H2,1H3. The molecule has 1 aliphatic rings. The first kappa shape index (κ1) is 14.8. The van der Waals surface area contributed by atoms with Crippen LogP contribution < -0.4 is 0 Å². The highest BCUT2D eigenvalue weighted by molar-refractivity contribution is 7.99. The van der Waals surface area contributed by atoms with E-state index in [-0.39, 0.29) is 0 Å². The monoisotopic (exact) mass is 281 g/mol. The molecule has 0 unspecified atom stereocenters. The lowest BCUT2D eigenvalue weighted by molar-refractivity contribution is 0.0374. The third-order valence-corrected chi connectivity index (χ3v) is 4.24. The molecule has 2 heterocycles. The summed E-state index contributed by atoms with van der Waals surface area (Å²) in [6.45, 7) is 7.23. The van der Waals surface area contributed by atoms with Crippen LogP contribution in [-0.4, -0.2) is 53.5 Å². The summed E-state index contributed by atoms with van der Waals surface area (Å²) in [4.78, 5) is 11.3. The van der Waals surface area contributed by atoms with Gasteiger partial charge >= 0.3 is 0 Å². The number of rotatable bonds is 7. The molecule has 0 bridgehead atoms. The van der Waals surface area contributed by atoms with Crippen molar-refractivity contribution in [3.63, 3.8) is 0 Å². The summed E-state index contributed by atoms with van der Waals surface area (Å²) in [6, 6.07) is 0.